The Hall–Kier alpha value is -2.61. The number of urea groups is 1. The van der Waals surface area contributed by atoms with Crippen LogP contribution in [-0.2, 0) is 4.74 Å². The standard InChI is InChI=1S/C16H18F2N2O4/c1-22-9-12(14-7-4-8-23-14)20-16(21)19-11-5-2-3-6-13(11)24-10-15(17)18/h2-8,12,15H,9-10H2,1H3,(H2,19,20,21)/t12-/m1/s1. The van der Waals surface area contributed by atoms with Crippen LogP contribution in [0, 0.1) is 0 Å². The van der Waals surface area contributed by atoms with Gasteiger partial charge in [0.05, 0.1) is 18.6 Å². The second-order valence-electron chi connectivity index (χ2n) is 4.82. The Bertz CT molecular complexity index is 635. The maximum absolute atomic E-state index is 12.3. The Kier molecular flexibility index (Phi) is 6.56. The third-order valence-corrected chi connectivity index (χ3v) is 3.03. The summed E-state index contributed by atoms with van der Waals surface area (Å²) in [4.78, 5) is 12.2. The van der Waals surface area contributed by atoms with Crippen molar-refractivity contribution in [1.82, 2.24) is 5.32 Å². The Labute approximate surface area is 137 Å². The van der Waals surface area contributed by atoms with Crippen LogP contribution in [0.3, 0.4) is 0 Å². The number of benzene rings is 1. The highest BCUT2D eigenvalue weighted by molar-refractivity contribution is 5.91. The second-order valence-corrected chi connectivity index (χ2v) is 4.82. The van der Waals surface area contributed by atoms with Gasteiger partial charge in [-0.15, -0.1) is 0 Å². The number of para-hydroxylation sites is 2. The number of alkyl halides is 2. The number of carbonyl (C=O) groups is 1. The summed E-state index contributed by atoms with van der Waals surface area (Å²) in [5, 5.41) is 5.26. The topological polar surface area (TPSA) is 72.7 Å². The van der Waals surface area contributed by atoms with Gasteiger partial charge in [0.1, 0.15) is 24.2 Å². The summed E-state index contributed by atoms with van der Waals surface area (Å²) >= 11 is 0. The van der Waals surface area contributed by atoms with Gasteiger partial charge in [-0.1, -0.05) is 12.1 Å². The molecule has 2 amide bonds. The lowest BCUT2D eigenvalue weighted by Crippen LogP contribution is -2.34. The SMILES string of the molecule is COC[C@@H](NC(=O)Nc1ccccc1OCC(F)F)c1ccco1. The Morgan fingerprint density at radius 3 is 2.67 bits per heavy atom. The molecule has 1 heterocycles. The Morgan fingerprint density at radius 1 is 1.21 bits per heavy atom. The number of amides is 2. The quantitative estimate of drug-likeness (QED) is 0.772. The van der Waals surface area contributed by atoms with Crippen LogP contribution >= 0.6 is 0 Å². The maximum Gasteiger partial charge on any atom is 0.320 e. The Balaban J connectivity index is 2.01. The van der Waals surface area contributed by atoms with Crippen LogP contribution in [-0.4, -0.2) is 32.8 Å². The fourth-order valence-electron chi connectivity index (χ4n) is 2.02. The largest absolute Gasteiger partial charge is 0.485 e. The number of hydrogen-bond acceptors (Lipinski definition) is 4. The number of furan rings is 1. The molecule has 1 atom stereocenters. The van der Waals surface area contributed by atoms with Crippen LogP contribution in [0.25, 0.3) is 0 Å². The molecule has 0 spiro atoms. The van der Waals surface area contributed by atoms with E-state index in [0.29, 0.717) is 5.76 Å². The molecule has 0 aliphatic carbocycles. The molecular formula is C16H18F2N2O4. The van der Waals surface area contributed by atoms with Crippen molar-refractivity contribution in [3.63, 3.8) is 0 Å². The number of hydrogen-bond donors (Lipinski definition) is 2. The van der Waals surface area contributed by atoms with Crippen molar-refractivity contribution >= 4 is 11.7 Å². The first kappa shape index (κ1) is 17.7. The highest BCUT2D eigenvalue weighted by atomic mass is 19.3. The van der Waals surface area contributed by atoms with E-state index in [1.807, 2.05) is 0 Å². The fourth-order valence-corrected chi connectivity index (χ4v) is 2.02. The monoisotopic (exact) mass is 340 g/mol. The average Bonchev–Trinajstić information content (AvgIpc) is 3.08. The van der Waals surface area contributed by atoms with Crippen LogP contribution in [0.4, 0.5) is 19.3 Å². The molecule has 0 fully saturated rings. The smallest absolute Gasteiger partial charge is 0.320 e. The Morgan fingerprint density at radius 2 is 2.00 bits per heavy atom. The molecule has 1 aromatic heterocycles. The van der Waals surface area contributed by atoms with E-state index in [1.165, 1.54) is 19.4 Å². The first-order valence-electron chi connectivity index (χ1n) is 7.20. The molecule has 0 aliphatic heterocycles. The molecule has 2 aromatic rings. The highest BCUT2D eigenvalue weighted by Crippen LogP contribution is 2.24. The van der Waals surface area contributed by atoms with Crippen LogP contribution in [0.1, 0.15) is 11.8 Å². The van der Waals surface area contributed by atoms with Gasteiger partial charge in [0.25, 0.3) is 6.43 Å². The zero-order valence-electron chi connectivity index (χ0n) is 13.0. The minimum atomic E-state index is -2.60. The van der Waals surface area contributed by atoms with E-state index in [1.54, 1.807) is 30.3 Å². The lowest BCUT2D eigenvalue weighted by Gasteiger charge is -2.17. The molecule has 130 valence electrons. The van der Waals surface area contributed by atoms with E-state index in [0.717, 1.165) is 0 Å². The molecule has 0 bridgehead atoms. The van der Waals surface area contributed by atoms with Crippen molar-refractivity contribution in [2.75, 3.05) is 25.6 Å². The first-order chi connectivity index (χ1) is 11.6. The van der Waals surface area contributed by atoms with Gasteiger partial charge in [-0.05, 0) is 24.3 Å². The molecule has 2 N–H and O–H groups in total. The minimum absolute atomic E-state index is 0.161. The molecular weight excluding hydrogens is 322 g/mol. The highest BCUT2D eigenvalue weighted by Gasteiger charge is 2.18. The van der Waals surface area contributed by atoms with Crippen molar-refractivity contribution in [3.8, 4) is 5.75 Å². The average molecular weight is 340 g/mol. The summed E-state index contributed by atoms with van der Waals surface area (Å²) in [5.41, 5.74) is 0.284. The number of halogens is 2. The predicted molar refractivity (Wildman–Crippen MR) is 83.4 cm³/mol. The number of carbonyl (C=O) groups excluding carboxylic acids is 1. The van der Waals surface area contributed by atoms with E-state index >= 15 is 0 Å². The second kappa shape index (κ2) is 8.88. The molecule has 0 radical (unpaired) electrons. The van der Waals surface area contributed by atoms with Gasteiger partial charge >= 0.3 is 6.03 Å². The van der Waals surface area contributed by atoms with Gasteiger partial charge in [-0.2, -0.15) is 0 Å². The summed E-state index contributed by atoms with van der Waals surface area (Å²) in [6.07, 6.45) is -1.11. The van der Waals surface area contributed by atoms with Crippen LogP contribution in [0.15, 0.2) is 47.1 Å². The maximum atomic E-state index is 12.3. The zero-order valence-corrected chi connectivity index (χ0v) is 13.0. The third kappa shape index (κ3) is 5.24. The number of anilines is 1. The molecule has 6 nitrogen and oxygen atoms in total. The van der Waals surface area contributed by atoms with Gasteiger partial charge in [-0.3, -0.25) is 0 Å². The minimum Gasteiger partial charge on any atom is -0.485 e. The summed E-state index contributed by atoms with van der Waals surface area (Å²) < 4.78 is 39.9. The van der Waals surface area contributed by atoms with E-state index < -0.39 is 25.1 Å². The fraction of sp³-hybridized carbons (Fsp3) is 0.312. The molecule has 0 unspecified atom stereocenters. The zero-order chi connectivity index (χ0) is 17.4. The number of ether oxygens (including phenoxy) is 2. The normalized spacial score (nSPS) is 12.0. The van der Waals surface area contributed by atoms with E-state index in [4.69, 9.17) is 13.9 Å². The molecule has 24 heavy (non-hydrogen) atoms. The van der Waals surface area contributed by atoms with E-state index in [9.17, 15) is 13.6 Å². The summed E-state index contributed by atoms with van der Waals surface area (Å²) in [6.45, 7) is -0.538. The molecule has 2 rings (SSSR count). The number of methoxy groups -OCH3 is 1. The lowest BCUT2D eigenvalue weighted by atomic mass is 10.2. The molecule has 0 aliphatic rings. The third-order valence-electron chi connectivity index (χ3n) is 3.03. The lowest BCUT2D eigenvalue weighted by molar-refractivity contribution is 0.0822. The van der Waals surface area contributed by atoms with Gasteiger partial charge in [-0.25, -0.2) is 13.6 Å². The van der Waals surface area contributed by atoms with Crippen molar-refractivity contribution in [3.05, 3.63) is 48.4 Å². The van der Waals surface area contributed by atoms with E-state index in [-0.39, 0.29) is 18.0 Å². The van der Waals surface area contributed by atoms with Crippen molar-refractivity contribution < 1.29 is 27.5 Å². The van der Waals surface area contributed by atoms with Gasteiger partial charge in [0.2, 0.25) is 0 Å². The van der Waals surface area contributed by atoms with E-state index in [2.05, 4.69) is 10.6 Å². The molecule has 0 saturated heterocycles. The van der Waals surface area contributed by atoms with Crippen LogP contribution in [0.2, 0.25) is 0 Å². The van der Waals surface area contributed by atoms with Crippen molar-refractivity contribution in [1.29, 1.82) is 0 Å². The van der Waals surface area contributed by atoms with Crippen LogP contribution in [0.5, 0.6) is 5.75 Å². The number of nitrogens with one attached hydrogen (secondary N) is 2. The summed E-state index contributed by atoms with van der Waals surface area (Å²) in [7, 11) is 1.50. The van der Waals surface area contributed by atoms with Gasteiger partial charge in [0, 0.05) is 7.11 Å². The molecule has 0 saturated carbocycles. The van der Waals surface area contributed by atoms with Crippen molar-refractivity contribution in [2.24, 2.45) is 0 Å². The van der Waals surface area contributed by atoms with Gasteiger partial charge < -0.3 is 24.5 Å². The van der Waals surface area contributed by atoms with Gasteiger partial charge in [0.15, 0.2) is 0 Å². The summed E-state index contributed by atoms with van der Waals surface area (Å²) in [6, 6.07) is 8.72. The first-order valence-corrected chi connectivity index (χ1v) is 7.20. The molecule has 1 aromatic carbocycles. The predicted octanol–water partition coefficient (Wildman–Crippen LogP) is 3.43. The van der Waals surface area contributed by atoms with Crippen molar-refractivity contribution in [2.45, 2.75) is 12.5 Å². The summed E-state index contributed by atoms with van der Waals surface area (Å²) in [5.74, 6) is 0.698. The van der Waals surface area contributed by atoms with Crippen LogP contribution < -0.4 is 15.4 Å². The molecule has 8 heteroatoms. The number of rotatable bonds is 8.